The molecular formula is C28H28BF3NO4-. The lowest BCUT2D eigenvalue weighted by molar-refractivity contribution is -0.153. The number of amides is 1. The van der Waals surface area contributed by atoms with E-state index in [9.17, 15) is 22.5 Å². The summed E-state index contributed by atoms with van der Waals surface area (Å²) < 4.78 is 51.8. The molecule has 0 saturated carbocycles. The first-order valence-corrected chi connectivity index (χ1v) is 12.0. The van der Waals surface area contributed by atoms with Crippen LogP contribution >= 0.6 is 0 Å². The average molecular weight is 510 g/mol. The van der Waals surface area contributed by atoms with Gasteiger partial charge < -0.3 is 22.4 Å². The van der Waals surface area contributed by atoms with Gasteiger partial charge in [-0.15, -0.1) is 5.46 Å². The molecule has 1 amide bonds. The second-order valence-electron chi connectivity index (χ2n) is 10.1. The minimum absolute atomic E-state index is 0.0209. The van der Waals surface area contributed by atoms with E-state index in [2.05, 4.69) is 0 Å². The summed E-state index contributed by atoms with van der Waals surface area (Å²) in [7, 11) is 1.35. The SMILES string of the molecule is CN(C(=O)OCC1c2ccccc2-c2ccccc21)c1cc(CC(=O)OC(C)(C)C)cc([B-](F)(F)F)c1. The molecule has 0 atom stereocenters. The molecule has 37 heavy (non-hydrogen) atoms. The normalized spacial score (nSPS) is 13.1. The standard InChI is InChI=1S/C28H28BF3NO4/c1-28(2,3)37-26(34)15-18-13-19(29(30,31)32)16-20(14-18)33(4)27(35)36-17-25-23-11-7-5-9-21(23)22-10-6-8-12-24(22)25/h5-14,16,25H,15,17H2,1-4H3/q-1. The molecule has 9 heteroatoms. The Kier molecular flexibility index (Phi) is 7.08. The van der Waals surface area contributed by atoms with Crippen molar-refractivity contribution < 1.29 is 32.0 Å². The molecule has 0 saturated heterocycles. The Labute approximate surface area is 214 Å². The van der Waals surface area contributed by atoms with E-state index in [0.717, 1.165) is 39.3 Å². The van der Waals surface area contributed by atoms with Gasteiger partial charge in [-0.3, -0.25) is 9.69 Å². The molecule has 0 aliphatic heterocycles. The Morgan fingerprint density at radius 3 is 2.03 bits per heavy atom. The summed E-state index contributed by atoms with van der Waals surface area (Å²) in [4.78, 5) is 26.2. The molecule has 1 aliphatic rings. The van der Waals surface area contributed by atoms with Crippen LogP contribution in [-0.4, -0.2) is 38.3 Å². The topological polar surface area (TPSA) is 55.8 Å². The molecule has 0 aromatic heterocycles. The summed E-state index contributed by atoms with van der Waals surface area (Å²) in [6.45, 7) is -0.303. The maximum atomic E-state index is 13.7. The van der Waals surface area contributed by atoms with Crippen molar-refractivity contribution in [1.82, 2.24) is 0 Å². The van der Waals surface area contributed by atoms with Crippen molar-refractivity contribution in [3.63, 3.8) is 0 Å². The molecule has 0 radical (unpaired) electrons. The van der Waals surface area contributed by atoms with Crippen molar-refractivity contribution >= 4 is 30.2 Å². The summed E-state index contributed by atoms with van der Waals surface area (Å²) in [5.74, 6) is -0.841. The lowest BCUT2D eigenvalue weighted by Crippen LogP contribution is -2.36. The van der Waals surface area contributed by atoms with E-state index in [-0.39, 0.29) is 30.2 Å². The minimum Gasteiger partial charge on any atom is -0.460 e. The summed E-state index contributed by atoms with van der Waals surface area (Å²) in [6, 6.07) is 18.9. The predicted octanol–water partition coefficient (Wildman–Crippen LogP) is 6.01. The highest BCUT2D eigenvalue weighted by atomic mass is 19.4. The highest BCUT2D eigenvalue weighted by molar-refractivity contribution is 6.73. The zero-order valence-corrected chi connectivity index (χ0v) is 21.1. The van der Waals surface area contributed by atoms with Crippen molar-refractivity contribution in [2.24, 2.45) is 0 Å². The fourth-order valence-electron chi connectivity index (χ4n) is 4.52. The highest BCUT2D eigenvalue weighted by Gasteiger charge is 2.31. The van der Waals surface area contributed by atoms with Gasteiger partial charge in [0.1, 0.15) is 12.2 Å². The van der Waals surface area contributed by atoms with Gasteiger partial charge in [0.2, 0.25) is 0 Å². The van der Waals surface area contributed by atoms with Gasteiger partial charge in [-0.25, -0.2) is 4.79 Å². The van der Waals surface area contributed by atoms with Gasteiger partial charge >= 0.3 is 19.0 Å². The van der Waals surface area contributed by atoms with Crippen LogP contribution in [0.25, 0.3) is 11.1 Å². The molecule has 0 N–H and O–H groups in total. The number of benzene rings is 3. The zero-order chi connectivity index (χ0) is 27.0. The molecule has 4 rings (SSSR count). The number of carbonyl (C=O) groups is 2. The third-order valence-corrected chi connectivity index (χ3v) is 6.14. The van der Waals surface area contributed by atoms with Crippen LogP contribution < -0.4 is 10.4 Å². The van der Waals surface area contributed by atoms with E-state index in [4.69, 9.17) is 9.47 Å². The van der Waals surface area contributed by atoms with Crippen LogP contribution in [-0.2, 0) is 20.7 Å². The Bertz CT molecular complexity index is 1290. The monoisotopic (exact) mass is 510 g/mol. The van der Waals surface area contributed by atoms with Gasteiger partial charge in [-0.2, -0.15) is 0 Å². The largest absolute Gasteiger partial charge is 0.509 e. The molecule has 5 nitrogen and oxygen atoms in total. The van der Waals surface area contributed by atoms with Crippen LogP contribution in [0.5, 0.6) is 0 Å². The molecule has 1 aliphatic carbocycles. The van der Waals surface area contributed by atoms with Gasteiger partial charge in [-0.05, 0) is 54.7 Å². The predicted molar refractivity (Wildman–Crippen MR) is 138 cm³/mol. The van der Waals surface area contributed by atoms with E-state index in [1.54, 1.807) is 20.8 Å². The number of hydrogen-bond acceptors (Lipinski definition) is 4. The Hall–Kier alpha value is -3.75. The number of anilines is 1. The van der Waals surface area contributed by atoms with Gasteiger partial charge in [0.05, 0.1) is 6.42 Å². The van der Waals surface area contributed by atoms with E-state index in [1.165, 1.54) is 13.1 Å². The molecule has 3 aromatic rings. The molecular weight excluding hydrogens is 482 g/mol. The van der Waals surface area contributed by atoms with E-state index < -0.39 is 30.1 Å². The van der Waals surface area contributed by atoms with Crippen molar-refractivity contribution in [2.75, 3.05) is 18.6 Å². The van der Waals surface area contributed by atoms with Crippen molar-refractivity contribution in [1.29, 1.82) is 0 Å². The molecule has 3 aromatic carbocycles. The van der Waals surface area contributed by atoms with Crippen LogP contribution in [0.15, 0.2) is 66.7 Å². The number of carbonyl (C=O) groups excluding carboxylic acids is 2. The van der Waals surface area contributed by atoms with Crippen molar-refractivity contribution in [3.8, 4) is 11.1 Å². The van der Waals surface area contributed by atoms with Crippen LogP contribution in [0.2, 0.25) is 0 Å². The van der Waals surface area contributed by atoms with E-state index in [1.807, 2.05) is 48.5 Å². The van der Waals surface area contributed by atoms with Crippen LogP contribution in [0, 0.1) is 0 Å². The third kappa shape index (κ3) is 5.98. The fraction of sp³-hybridized carbons (Fsp3) is 0.286. The number of hydrogen-bond donors (Lipinski definition) is 0. The quantitative estimate of drug-likeness (QED) is 0.301. The molecule has 194 valence electrons. The Morgan fingerprint density at radius 2 is 1.49 bits per heavy atom. The Morgan fingerprint density at radius 1 is 0.919 bits per heavy atom. The number of ether oxygens (including phenoxy) is 2. The van der Waals surface area contributed by atoms with Gasteiger partial charge in [0, 0.05) is 18.7 Å². The van der Waals surface area contributed by atoms with E-state index in [0.29, 0.717) is 0 Å². The molecule has 0 spiro atoms. The smallest absolute Gasteiger partial charge is 0.460 e. The molecule has 0 fully saturated rings. The molecule has 0 heterocycles. The fourth-order valence-corrected chi connectivity index (χ4v) is 4.52. The summed E-state index contributed by atoms with van der Waals surface area (Å²) >= 11 is 0. The summed E-state index contributed by atoms with van der Waals surface area (Å²) in [5.41, 5.74) is 2.59. The van der Waals surface area contributed by atoms with Crippen LogP contribution in [0.1, 0.15) is 43.4 Å². The second kappa shape index (κ2) is 9.96. The zero-order valence-electron chi connectivity index (χ0n) is 21.1. The van der Waals surface area contributed by atoms with Gasteiger partial charge in [0.25, 0.3) is 0 Å². The number of nitrogens with zero attached hydrogens (tertiary/aromatic N) is 1. The average Bonchev–Trinajstić information content (AvgIpc) is 3.13. The third-order valence-electron chi connectivity index (χ3n) is 6.14. The minimum atomic E-state index is -5.37. The van der Waals surface area contributed by atoms with Crippen LogP contribution in [0.4, 0.5) is 23.4 Å². The van der Waals surface area contributed by atoms with Gasteiger partial charge in [0.15, 0.2) is 0 Å². The number of rotatable bonds is 6. The van der Waals surface area contributed by atoms with Crippen molar-refractivity contribution in [2.45, 2.75) is 38.7 Å². The maximum absolute atomic E-state index is 13.7. The lowest BCUT2D eigenvalue weighted by Gasteiger charge is -2.24. The van der Waals surface area contributed by atoms with Crippen LogP contribution in [0.3, 0.4) is 0 Å². The first kappa shape index (κ1) is 26.3. The Balaban J connectivity index is 1.54. The summed E-state index contributed by atoms with van der Waals surface area (Å²) in [6.07, 6.45) is -1.15. The first-order chi connectivity index (χ1) is 17.3. The maximum Gasteiger partial charge on any atom is 0.509 e. The van der Waals surface area contributed by atoms with Gasteiger partial charge in [-0.1, -0.05) is 60.7 Å². The van der Waals surface area contributed by atoms with E-state index >= 15 is 0 Å². The number of esters is 1. The molecule has 0 bridgehead atoms. The van der Waals surface area contributed by atoms with Crippen molar-refractivity contribution in [3.05, 3.63) is 83.4 Å². The first-order valence-electron chi connectivity index (χ1n) is 12.0. The number of halogens is 3. The summed E-state index contributed by atoms with van der Waals surface area (Å²) in [5, 5.41) is 0. The molecule has 0 unspecified atom stereocenters. The highest BCUT2D eigenvalue weighted by Crippen LogP contribution is 2.44. The second-order valence-corrected chi connectivity index (χ2v) is 10.1. The number of fused-ring (bicyclic) bond motifs is 3. The lowest BCUT2D eigenvalue weighted by atomic mass is 9.78.